The number of pyridine rings is 1. The average molecular weight is 260 g/mol. The molecule has 4 heteroatoms. The first kappa shape index (κ1) is 11.6. The van der Waals surface area contributed by atoms with E-state index in [2.05, 4.69) is 15.0 Å². The van der Waals surface area contributed by atoms with Crippen molar-refractivity contribution in [1.29, 1.82) is 0 Å². The van der Waals surface area contributed by atoms with Gasteiger partial charge in [0.25, 0.3) is 0 Å². The highest BCUT2D eigenvalue weighted by atomic mass is 35.5. The highest BCUT2D eigenvalue weighted by molar-refractivity contribution is 6.30. The smallest absolute Gasteiger partial charge is 0.161 e. The molecule has 0 bridgehead atoms. The lowest BCUT2D eigenvalue weighted by molar-refractivity contribution is 0.663. The fourth-order valence-electron chi connectivity index (χ4n) is 2.39. The maximum absolute atomic E-state index is 6.28. The Bertz CT molecular complexity index is 596. The van der Waals surface area contributed by atoms with Crippen LogP contribution in [0, 0.1) is 6.92 Å². The van der Waals surface area contributed by atoms with E-state index in [1.54, 1.807) is 6.20 Å². The third kappa shape index (κ3) is 1.99. The summed E-state index contributed by atoms with van der Waals surface area (Å²) >= 11 is 6.28. The van der Waals surface area contributed by atoms with E-state index >= 15 is 0 Å². The van der Waals surface area contributed by atoms with Crippen molar-refractivity contribution in [3.63, 3.8) is 0 Å². The minimum absolute atomic E-state index is 0.617. The van der Waals surface area contributed by atoms with Crippen molar-refractivity contribution in [2.75, 3.05) is 0 Å². The van der Waals surface area contributed by atoms with Gasteiger partial charge in [0.15, 0.2) is 5.82 Å². The van der Waals surface area contributed by atoms with Gasteiger partial charge in [-0.05, 0) is 44.2 Å². The van der Waals surface area contributed by atoms with Crippen molar-refractivity contribution in [2.45, 2.75) is 32.6 Å². The van der Waals surface area contributed by atoms with Gasteiger partial charge in [-0.25, -0.2) is 9.97 Å². The minimum atomic E-state index is 0.617. The van der Waals surface area contributed by atoms with Crippen molar-refractivity contribution in [1.82, 2.24) is 15.0 Å². The Balaban J connectivity index is 2.14. The third-order valence-corrected chi connectivity index (χ3v) is 3.71. The van der Waals surface area contributed by atoms with Crippen molar-refractivity contribution < 1.29 is 0 Å². The highest BCUT2D eigenvalue weighted by Gasteiger charge is 2.17. The second kappa shape index (κ2) is 4.65. The molecule has 18 heavy (non-hydrogen) atoms. The number of rotatable bonds is 1. The quantitative estimate of drug-likeness (QED) is 0.737. The molecule has 0 aromatic carbocycles. The maximum atomic E-state index is 6.28. The summed E-state index contributed by atoms with van der Waals surface area (Å²) in [5, 5.41) is 0.617. The predicted molar refractivity (Wildman–Crippen MR) is 71.7 cm³/mol. The van der Waals surface area contributed by atoms with Crippen LogP contribution in [0.25, 0.3) is 11.4 Å². The van der Waals surface area contributed by atoms with E-state index in [1.807, 2.05) is 19.2 Å². The SMILES string of the molecule is Cc1cnccc1-c1nc(Cl)c2c(n1)CCCC2. The van der Waals surface area contributed by atoms with E-state index in [4.69, 9.17) is 11.6 Å². The van der Waals surface area contributed by atoms with E-state index in [0.717, 1.165) is 41.1 Å². The van der Waals surface area contributed by atoms with Crippen LogP contribution >= 0.6 is 11.6 Å². The van der Waals surface area contributed by atoms with Crippen LogP contribution in [0.2, 0.25) is 5.15 Å². The lowest BCUT2D eigenvalue weighted by Crippen LogP contribution is -2.09. The molecule has 1 aliphatic rings. The zero-order valence-corrected chi connectivity index (χ0v) is 11.0. The van der Waals surface area contributed by atoms with Crippen molar-refractivity contribution in [2.24, 2.45) is 0 Å². The molecule has 3 rings (SSSR count). The predicted octanol–water partition coefficient (Wildman–Crippen LogP) is 3.38. The van der Waals surface area contributed by atoms with E-state index in [1.165, 1.54) is 12.8 Å². The lowest BCUT2D eigenvalue weighted by Gasteiger charge is -2.16. The molecule has 0 spiro atoms. The van der Waals surface area contributed by atoms with Crippen LogP contribution in [0.5, 0.6) is 0 Å². The fraction of sp³-hybridized carbons (Fsp3) is 0.357. The minimum Gasteiger partial charge on any atom is -0.264 e. The van der Waals surface area contributed by atoms with Crippen LogP contribution < -0.4 is 0 Å². The number of nitrogens with zero attached hydrogens (tertiary/aromatic N) is 3. The summed E-state index contributed by atoms with van der Waals surface area (Å²) in [7, 11) is 0. The van der Waals surface area contributed by atoms with Gasteiger partial charge < -0.3 is 0 Å². The van der Waals surface area contributed by atoms with Crippen LogP contribution in [0.15, 0.2) is 18.5 Å². The molecule has 1 aliphatic carbocycles. The maximum Gasteiger partial charge on any atom is 0.161 e. The van der Waals surface area contributed by atoms with E-state index < -0.39 is 0 Å². The van der Waals surface area contributed by atoms with Crippen molar-refractivity contribution >= 4 is 11.6 Å². The Kier molecular flexibility index (Phi) is 3.00. The third-order valence-electron chi connectivity index (χ3n) is 3.39. The summed E-state index contributed by atoms with van der Waals surface area (Å²) in [5.74, 6) is 0.723. The molecule has 0 N–H and O–H groups in total. The van der Waals surface area contributed by atoms with Crippen LogP contribution in [0.4, 0.5) is 0 Å². The summed E-state index contributed by atoms with van der Waals surface area (Å²) in [4.78, 5) is 13.2. The summed E-state index contributed by atoms with van der Waals surface area (Å²) in [6.45, 7) is 2.01. The highest BCUT2D eigenvalue weighted by Crippen LogP contribution is 2.28. The summed E-state index contributed by atoms with van der Waals surface area (Å²) in [6, 6.07) is 1.94. The van der Waals surface area contributed by atoms with Crippen LogP contribution in [-0.4, -0.2) is 15.0 Å². The second-order valence-electron chi connectivity index (χ2n) is 4.66. The molecule has 0 saturated carbocycles. The molecule has 3 nitrogen and oxygen atoms in total. The molecule has 0 radical (unpaired) electrons. The Morgan fingerprint density at radius 3 is 2.83 bits per heavy atom. The Labute approximate surface area is 111 Å². The van der Waals surface area contributed by atoms with Gasteiger partial charge in [0, 0.05) is 29.2 Å². The average Bonchev–Trinajstić information content (AvgIpc) is 2.39. The Morgan fingerprint density at radius 2 is 2.00 bits per heavy atom. The zero-order chi connectivity index (χ0) is 12.5. The number of halogens is 1. The van der Waals surface area contributed by atoms with Gasteiger partial charge >= 0.3 is 0 Å². The van der Waals surface area contributed by atoms with Gasteiger partial charge in [-0.1, -0.05) is 11.6 Å². The normalized spacial score (nSPS) is 14.3. The Hall–Kier alpha value is -1.48. The number of hydrogen-bond donors (Lipinski definition) is 0. The molecule has 2 aromatic rings. The van der Waals surface area contributed by atoms with E-state index in [-0.39, 0.29) is 0 Å². The van der Waals surface area contributed by atoms with Gasteiger partial charge in [0.05, 0.1) is 0 Å². The van der Waals surface area contributed by atoms with Crippen molar-refractivity contribution in [3.05, 3.63) is 40.4 Å². The topological polar surface area (TPSA) is 38.7 Å². The van der Waals surface area contributed by atoms with Gasteiger partial charge in [0.1, 0.15) is 5.15 Å². The van der Waals surface area contributed by atoms with E-state index in [0.29, 0.717) is 5.15 Å². The van der Waals surface area contributed by atoms with Gasteiger partial charge in [-0.2, -0.15) is 0 Å². The zero-order valence-electron chi connectivity index (χ0n) is 10.3. The monoisotopic (exact) mass is 259 g/mol. The van der Waals surface area contributed by atoms with Crippen LogP contribution in [0.1, 0.15) is 29.7 Å². The van der Waals surface area contributed by atoms with E-state index in [9.17, 15) is 0 Å². The molecule has 92 valence electrons. The van der Waals surface area contributed by atoms with Crippen LogP contribution in [0.3, 0.4) is 0 Å². The number of aryl methyl sites for hydroxylation is 2. The first-order valence-electron chi connectivity index (χ1n) is 6.22. The number of hydrogen-bond acceptors (Lipinski definition) is 3. The molecular weight excluding hydrogens is 246 g/mol. The standard InChI is InChI=1S/C14H14ClN3/c1-9-8-16-7-6-10(9)14-17-12-5-3-2-4-11(12)13(15)18-14/h6-8H,2-5H2,1H3. The second-order valence-corrected chi connectivity index (χ2v) is 5.02. The van der Waals surface area contributed by atoms with Gasteiger partial charge in [0.2, 0.25) is 0 Å². The largest absolute Gasteiger partial charge is 0.264 e. The fourth-order valence-corrected chi connectivity index (χ4v) is 2.68. The molecule has 0 aliphatic heterocycles. The first-order valence-corrected chi connectivity index (χ1v) is 6.60. The summed E-state index contributed by atoms with van der Waals surface area (Å²) in [6.07, 6.45) is 7.97. The summed E-state index contributed by atoms with van der Waals surface area (Å²) in [5.41, 5.74) is 4.34. The van der Waals surface area contributed by atoms with Crippen LogP contribution in [-0.2, 0) is 12.8 Å². The first-order chi connectivity index (χ1) is 8.75. The molecule has 0 atom stereocenters. The Morgan fingerprint density at radius 1 is 1.17 bits per heavy atom. The van der Waals surface area contributed by atoms with Crippen molar-refractivity contribution in [3.8, 4) is 11.4 Å². The molecule has 0 amide bonds. The molecule has 0 saturated heterocycles. The molecule has 2 aromatic heterocycles. The lowest BCUT2D eigenvalue weighted by atomic mass is 9.97. The molecule has 0 fully saturated rings. The summed E-state index contributed by atoms with van der Waals surface area (Å²) < 4.78 is 0. The number of aromatic nitrogens is 3. The molecule has 2 heterocycles. The van der Waals surface area contributed by atoms with Gasteiger partial charge in [-0.15, -0.1) is 0 Å². The molecule has 0 unspecified atom stereocenters. The molecular formula is C14H14ClN3. The van der Waals surface area contributed by atoms with Gasteiger partial charge in [-0.3, -0.25) is 4.98 Å². The number of fused-ring (bicyclic) bond motifs is 1.